The van der Waals surface area contributed by atoms with Gasteiger partial charge >= 0.3 is 0 Å². The third-order valence-corrected chi connectivity index (χ3v) is 3.92. The Labute approximate surface area is 110 Å². The molecular weight excluding hydrogens is 252 g/mol. The number of nitrogens with one attached hydrogen (secondary N) is 1. The molecule has 0 aliphatic carbocycles. The molecule has 1 aromatic rings. The summed E-state index contributed by atoms with van der Waals surface area (Å²) in [4.78, 5) is 15.3. The van der Waals surface area contributed by atoms with Gasteiger partial charge in [0.2, 0.25) is 0 Å². The van der Waals surface area contributed by atoms with Gasteiger partial charge in [0.25, 0.3) is 5.91 Å². The Morgan fingerprint density at radius 3 is 3.06 bits per heavy atom. The average Bonchev–Trinajstić information content (AvgIpc) is 2.71. The number of carbonyl (C=O) groups excluding carboxylic acids is 1. The zero-order chi connectivity index (χ0) is 13.2. The molecule has 7 heteroatoms. The summed E-state index contributed by atoms with van der Waals surface area (Å²) in [5.41, 5.74) is 0.103. The van der Waals surface area contributed by atoms with Crippen molar-refractivity contribution in [3.8, 4) is 0 Å². The van der Waals surface area contributed by atoms with Crippen molar-refractivity contribution >= 4 is 17.4 Å². The highest BCUT2D eigenvalue weighted by Crippen LogP contribution is 2.17. The number of rotatable bonds is 3. The lowest BCUT2D eigenvalue weighted by molar-refractivity contribution is -0.155. The van der Waals surface area contributed by atoms with Gasteiger partial charge in [-0.3, -0.25) is 4.79 Å². The fraction of sp³-hybridized carbons (Fsp3) is 0.727. The Kier molecular flexibility index (Phi) is 3.94. The Balaban J connectivity index is 1.93. The van der Waals surface area contributed by atoms with Crippen LogP contribution in [0.15, 0.2) is 0 Å². The number of carbonyl (C=O) groups is 1. The Bertz CT molecular complexity index is 436. The van der Waals surface area contributed by atoms with Gasteiger partial charge in [-0.2, -0.15) is 0 Å². The van der Waals surface area contributed by atoms with Crippen LogP contribution in [0.25, 0.3) is 0 Å². The monoisotopic (exact) mass is 270 g/mol. The largest absolute Gasteiger partial charge is 0.363 e. The normalized spacial score (nSPS) is 25.1. The maximum Gasteiger partial charge on any atom is 0.253 e. The molecule has 1 atom stereocenters. The summed E-state index contributed by atoms with van der Waals surface area (Å²) in [6.45, 7) is 6.24. The van der Waals surface area contributed by atoms with Gasteiger partial charge in [0.15, 0.2) is 5.60 Å². The van der Waals surface area contributed by atoms with Crippen LogP contribution in [-0.4, -0.2) is 52.7 Å². The van der Waals surface area contributed by atoms with E-state index in [0.29, 0.717) is 19.7 Å². The fourth-order valence-electron chi connectivity index (χ4n) is 1.96. The molecule has 0 spiro atoms. The van der Waals surface area contributed by atoms with Crippen molar-refractivity contribution < 1.29 is 9.53 Å². The van der Waals surface area contributed by atoms with E-state index in [1.807, 2.05) is 20.9 Å². The van der Waals surface area contributed by atoms with Gasteiger partial charge in [0.1, 0.15) is 0 Å². The molecule has 2 heterocycles. The Hall–Kier alpha value is -1.05. The minimum Gasteiger partial charge on any atom is -0.363 e. The van der Waals surface area contributed by atoms with Crippen LogP contribution in [-0.2, 0) is 16.1 Å². The molecule has 100 valence electrons. The molecule has 1 saturated heterocycles. The second-order valence-electron chi connectivity index (χ2n) is 4.78. The van der Waals surface area contributed by atoms with Crippen LogP contribution in [0.2, 0.25) is 0 Å². The predicted octanol–water partition coefficient (Wildman–Crippen LogP) is 0.183. The number of ether oxygens (including phenoxy) is 1. The molecule has 1 amide bonds. The highest BCUT2D eigenvalue weighted by molar-refractivity contribution is 7.05. The molecule has 6 nitrogen and oxygen atoms in total. The maximum atomic E-state index is 12.2. The Morgan fingerprint density at radius 2 is 2.44 bits per heavy atom. The summed E-state index contributed by atoms with van der Waals surface area (Å²) < 4.78 is 9.46. The third kappa shape index (κ3) is 2.85. The van der Waals surface area contributed by atoms with Gasteiger partial charge in [-0.05, 0) is 32.4 Å². The molecular formula is C11H18N4O2S. The maximum absolute atomic E-state index is 12.2. The molecule has 1 N–H and O–H groups in total. The smallest absolute Gasteiger partial charge is 0.253 e. The molecule has 1 aromatic heterocycles. The number of hydrogen-bond acceptors (Lipinski definition) is 6. The highest BCUT2D eigenvalue weighted by Gasteiger charge is 2.38. The van der Waals surface area contributed by atoms with Crippen molar-refractivity contribution in [3.05, 3.63) is 10.6 Å². The minimum absolute atomic E-state index is 0.0816. The van der Waals surface area contributed by atoms with Crippen LogP contribution in [0.1, 0.15) is 17.5 Å². The quantitative estimate of drug-likeness (QED) is 0.849. The van der Waals surface area contributed by atoms with Crippen molar-refractivity contribution in [2.75, 3.05) is 26.7 Å². The van der Waals surface area contributed by atoms with Crippen LogP contribution in [0.5, 0.6) is 0 Å². The van der Waals surface area contributed by atoms with E-state index < -0.39 is 5.60 Å². The standard InChI is InChI=1S/C11H18N4O2S/c1-8-9(18-14-13-8)6-12-10(16)11(2)7-15(3)4-5-17-11/h4-7H2,1-3H3,(H,12,16)/t11-/m0/s1. The van der Waals surface area contributed by atoms with E-state index in [-0.39, 0.29) is 5.91 Å². The van der Waals surface area contributed by atoms with Crippen molar-refractivity contribution in [2.24, 2.45) is 0 Å². The van der Waals surface area contributed by atoms with Gasteiger partial charge in [-0.1, -0.05) is 4.49 Å². The lowest BCUT2D eigenvalue weighted by Crippen LogP contribution is -2.57. The van der Waals surface area contributed by atoms with E-state index in [9.17, 15) is 4.79 Å². The first-order chi connectivity index (χ1) is 8.51. The second-order valence-corrected chi connectivity index (χ2v) is 5.62. The molecule has 1 aliphatic heterocycles. The topological polar surface area (TPSA) is 67.4 Å². The number of aryl methyl sites for hydroxylation is 1. The predicted molar refractivity (Wildman–Crippen MR) is 68.3 cm³/mol. The van der Waals surface area contributed by atoms with Gasteiger partial charge < -0.3 is 15.0 Å². The summed E-state index contributed by atoms with van der Waals surface area (Å²) in [6, 6.07) is 0. The van der Waals surface area contributed by atoms with Crippen LogP contribution < -0.4 is 5.32 Å². The van der Waals surface area contributed by atoms with Crippen molar-refractivity contribution in [2.45, 2.75) is 26.0 Å². The number of morpholine rings is 1. The van der Waals surface area contributed by atoms with Crippen LogP contribution in [0.3, 0.4) is 0 Å². The van der Waals surface area contributed by atoms with Crippen molar-refractivity contribution in [3.63, 3.8) is 0 Å². The van der Waals surface area contributed by atoms with E-state index in [0.717, 1.165) is 17.1 Å². The molecule has 18 heavy (non-hydrogen) atoms. The van der Waals surface area contributed by atoms with Gasteiger partial charge in [0, 0.05) is 13.1 Å². The van der Waals surface area contributed by atoms with Gasteiger partial charge in [-0.25, -0.2) is 0 Å². The lowest BCUT2D eigenvalue weighted by Gasteiger charge is -2.37. The lowest BCUT2D eigenvalue weighted by atomic mass is 10.0. The summed E-state index contributed by atoms with van der Waals surface area (Å²) in [6.07, 6.45) is 0. The number of amides is 1. The summed E-state index contributed by atoms with van der Waals surface area (Å²) in [7, 11) is 1.99. The Morgan fingerprint density at radius 1 is 1.67 bits per heavy atom. The first-order valence-electron chi connectivity index (χ1n) is 5.90. The van der Waals surface area contributed by atoms with E-state index >= 15 is 0 Å². The average molecular weight is 270 g/mol. The summed E-state index contributed by atoms with van der Waals surface area (Å²) >= 11 is 1.31. The highest BCUT2D eigenvalue weighted by atomic mass is 32.1. The number of hydrogen-bond donors (Lipinski definition) is 1. The summed E-state index contributed by atoms with van der Waals surface area (Å²) in [5, 5.41) is 6.81. The summed E-state index contributed by atoms with van der Waals surface area (Å²) in [5.74, 6) is -0.0816. The van der Waals surface area contributed by atoms with Gasteiger partial charge in [-0.15, -0.1) is 5.10 Å². The molecule has 0 unspecified atom stereocenters. The van der Waals surface area contributed by atoms with Crippen LogP contribution >= 0.6 is 11.5 Å². The second kappa shape index (κ2) is 5.29. The van der Waals surface area contributed by atoms with E-state index in [1.165, 1.54) is 11.5 Å². The van der Waals surface area contributed by atoms with E-state index in [2.05, 4.69) is 19.8 Å². The number of nitrogens with zero attached hydrogens (tertiary/aromatic N) is 3. The van der Waals surface area contributed by atoms with Crippen molar-refractivity contribution in [1.82, 2.24) is 19.8 Å². The van der Waals surface area contributed by atoms with Crippen LogP contribution in [0.4, 0.5) is 0 Å². The molecule has 1 aliphatic rings. The minimum atomic E-state index is -0.765. The molecule has 0 bridgehead atoms. The van der Waals surface area contributed by atoms with Gasteiger partial charge in [0.05, 0.1) is 23.7 Å². The SMILES string of the molecule is Cc1nnsc1CNC(=O)[C@]1(C)CN(C)CCO1. The molecule has 1 fully saturated rings. The fourth-order valence-corrected chi connectivity index (χ4v) is 2.54. The van der Waals surface area contributed by atoms with Crippen LogP contribution in [0, 0.1) is 6.92 Å². The number of aromatic nitrogens is 2. The zero-order valence-corrected chi connectivity index (χ0v) is 11.7. The van der Waals surface area contributed by atoms with Crippen molar-refractivity contribution in [1.29, 1.82) is 0 Å². The van der Waals surface area contributed by atoms with E-state index in [4.69, 9.17) is 4.74 Å². The van der Waals surface area contributed by atoms with E-state index in [1.54, 1.807) is 0 Å². The number of likely N-dealkylation sites (N-methyl/N-ethyl adjacent to an activating group) is 1. The first-order valence-corrected chi connectivity index (χ1v) is 6.67. The first kappa shape index (κ1) is 13.4. The molecule has 0 aromatic carbocycles. The molecule has 0 radical (unpaired) electrons. The molecule has 2 rings (SSSR count). The zero-order valence-electron chi connectivity index (χ0n) is 10.9. The third-order valence-electron chi connectivity index (χ3n) is 3.10. The molecule has 0 saturated carbocycles.